The molecule has 0 aromatic rings. The lowest BCUT2D eigenvalue weighted by atomic mass is 9.84. The van der Waals surface area contributed by atoms with Gasteiger partial charge in [-0.15, -0.1) is 0 Å². The molecule has 3 heterocycles. The number of amides is 1. The van der Waals surface area contributed by atoms with Crippen LogP contribution in [0.5, 0.6) is 0 Å². The van der Waals surface area contributed by atoms with Crippen molar-refractivity contribution in [2.45, 2.75) is 44.7 Å². The second-order valence-corrected chi connectivity index (χ2v) is 5.33. The van der Waals surface area contributed by atoms with Crippen molar-refractivity contribution < 1.29 is 4.79 Å². The van der Waals surface area contributed by atoms with Crippen LogP contribution in [0.3, 0.4) is 0 Å². The Kier molecular flexibility index (Phi) is 3.82. The third kappa shape index (κ3) is 2.95. The molecule has 3 N–H and O–H groups in total. The SMILES string of the molecule is CC(N)CCC(=O)NC1CN2CCC1CC2. The summed E-state index contributed by atoms with van der Waals surface area (Å²) in [4.78, 5) is 14.2. The van der Waals surface area contributed by atoms with E-state index in [2.05, 4.69) is 10.2 Å². The summed E-state index contributed by atoms with van der Waals surface area (Å²) in [6.07, 6.45) is 3.85. The van der Waals surface area contributed by atoms with E-state index >= 15 is 0 Å². The summed E-state index contributed by atoms with van der Waals surface area (Å²) in [5.41, 5.74) is 5.65. The Hall–Kier alpha value is -0.610. The molecule has 0 saturated carbocycles. The van der Waals surface area contributed by atoms with Crippen LogP contribution >= 0.6 is 0 Å². The molecule has 1 amide bonds. The number of hydrogen-bond donors (Lipinski definition) is 2. The van der Waals surface area contributed by atoms with Gasteiger partial charge in [0, 0.05) is 25.0 Å². The maximum Gasteiger partial charge on any atom is 0.220 e. The van der Waals surface area contributed by atoms with Gasteiger partial charge in [-0.2, -0.15) is 0 Å². The number of hydrogen-bond acceptors (Lipinski definition) is 3. The van der Waals surface area contributed by atoms with Gasteiger partial charge in [0.1, 0.15) is 0 Å². The minimum absolute atomic E-state index is 0.123. The number of piperidine rings is 3. The Morgan fingerprint density at radius 3 is 2.69 bits per heavy atom. The summed E-state index contributed by atoms with van der Waals surface area (Å²) >= 11 is 0. The van der Waals surface area contributed by atoms with Crippen LogP contribution in [0.2, 0.25) is 0 Å². The molecule has 0 radical (unpaired) electrons. The summed E-state index contributed by atoms with van der Waals surface area (Å²) in [5, 5.41) is 3.17. The highest BCUT2D eigenvalue weighted by Gasteiger charge is 2.34. The van der Waals surface area contributed by atoms with Gasteiger partial charge in [-0.25, -0.2) is 0 Å². The average molecular weight is 225 g/mol. The van der Waals surface area contributed by atoms with E-state index < -0.39 is 0 Å². The van der Waals surface area contributed by atoms with E-state index in [0.717, 1.165) is 13.0 Å². The fraction of sp³-hybridized carbons (Fsp3) is 0.917. The van der Waals surface area contributed by atoms with E-state index in [1.807, 2.05) is 6.92 Å². The number of rotatable bonds is 4. The Morgan fingerprint density at radius 2 is 2.19 bits per heavy atom. The zero-order valence-corrected chi connectivity index (χ0v) is 10.1. The number of carbonyl (C=O) groups is 1. The fourth-order valence-electron chi connectivity index (χ4n) is 2.77. The lowest BCUT2D eigenvalue weighted by molar-refractivity contribution is -0.123. The van der Waals surface area contributed by atoms with Gasteiger partial charge in [-0.3, -0.25) is 4.79 Å². The van der Waals surface area contributed by atoms with E-state index in [4.69, 9.17) is 5.73 Å². The van der Waals surface area contributed by atoms with E-state index in [1.165, 1.54) is 25.9 Å². The molecule has 3 aliphatic rings. The van der Waals surface area contributed by atoms with E-state index in [0.29, 0.717) is 18.4 Å². The minimum atomic E-state index is 0.123. The summed E-state index contributed by atoms with van der Waals surface area (Å²) in [7, 11) is 0. The normalized spacial score (nSPS) is 34.8. The first-order valence-electron chi connectivity index (χ1n) is 6.42. The zero-order chi connectivity index (χ0) is 11.5. The smallest absolute Gasteiger partial charge is 0.220 e. The largest absolute Gasteiger partial charge is 0.352 e. The zero-order valence-electron chi connectivity index (χ0n) is 10.1. The molecule has 4 nitrogen and oxygen atoms in total. The lowest BCUT2D eigenvalue weighted by Gasteiger charge is -2.45. The Morgan fingerprint density at radius 1 is 1.50 bits per heavy atom. The highest BCUT2D eigenvalue weighted by atomic mass is 16.1. The fourth-order valence-corrected chi connectivity index (χ4v) is 2.77. The minimum Gasteiger partial charge on any atom is -0.352 e. The van der Waals surface area contributed by atoms with Crippen molar-refractivity contribution in [1.82, 2.24) is 10.2 Å². The van der Waals surface area contributed by atoms with Crippen molar-refractivity contribution in [3.8, 4) is 0 Å². The van der Waals surface area contributed by atoms with Crippen molar-refractivity contribution in [2.24, 2.45) is 11.7 Å². The van der Waals surface area contributed by atoms with Crippen LogP contribution in [-0.2, 0) is 4.79 Å². The highest BCUT2D eigenvalue weighted by molar-refractivity contribution is 5.76. The Labute approximate surface area is 97.6 Å². The lowest BCUT2D eigenvalue weighted by Crippen LogP contribution is -2.57. The number of nitrogens with one attached hydrogen (secondary N) is 1. The molecule has 3 rings (SSSR count). The van der Waals surface area contributed by atoms with Gasteiger partial charge in [0.15, 0.2) is 0 Å². The molecule has 0 aromatic heterocycles. The molecular weight excluding hydrogens is 202 g/mol. The molecule has 0 aliphatic carbocycles. The van der Waals surface area contributed by atoms with E-state index in [1.54, 1.807) is 0 Å². The highest BCUT2D eigenvalue weighted by Crippen LogP contribution is 2.27. The molecule has 2 bridgehead atoms. The maximum atomic E-state index is 11.7. The molecule has 0 aromatic carbocycles. The Balaban J connectivity index is 1.75. The average Bonchev–Trinajstić information content (AvgIpc) is 2.28. The van der Waals surface area contributed by atoms with Crippen LogP contribution in [0.4, 0.5) is 0 Å². The van der Waals surface area contributed by atoms with Crippen LogP contribution in [-0.4, -0.2) is 42.5 Å². The molecule has 3 saturated heterocycles. The quantitative estimate of drug-likeness (QED) is 0.724. The van der Waals surface area contributed by atoms with Crippen molar-refractivity contribution in [3.05, 3.63) is 0 Å². The Bertz CT molecular complexity index is 247. The van der Waals surface area contributed by atoms with Gasteiger partial charge in [0.2, 0.25) is 5.91 Å². The van der Waals surface area contributed by atoms with Crippen LogP contribution in [0, 0.1) is 5.92 Å². The molecule has 92 valence electrons. The van der Waals surface area contributed by atoms with Crippen molar-refractivity contribution >= 4 is 5.91 Å². The summed E-state index contributed by atoms with van der Waals surface area (Å²) in [6, 6.07) is 0.514. The van der Waals surface area contributed by atoms with Crippen molar-refractivity contribution in [3.63, 3.8) is 0 Å². The predicted octanol–water partition coefficient (Wildman–Crippen LogP) is 0.324. The molecule has 4 heteroatoms. The number of carbonyl (C=O) groups excluding carboxylic acids is 1. The van der Waals surface area contributed by atoms with Crippen LogP contribution < -0.4 is 11.1 Å². The molecule has 3 aliphatic heterocycles. The maximum absolute atomic E-state index is 11.7. The summed E-state index contributed by atoms with van der Waals surface area (Å²) < 4.78 is 0. The summed E-state index contributed by atoms with van der Waals surface area (Å²) in [6.45, 7) is 5.43. The third-order valence-corrected chi connectivity index (χ3v) is 3.83. The third-order valence-electron chi connectivity index (χ3n) is 3.83. The second kappa shape index (κ2) is 5.15. The van der Waals surface area contributed by atoms with Crippen LogP contribution in [0.25, 0.3) is 0 Å². The van der Waals surface area contributed by atoms with E-state index in [-0.39, 0.29) is 11.9 Å². The van der Waals surface area contributed by atoms with Crippen molar-refractivity contribution in [2.75, 3.05) is 19.6 Å². The van der Waals surface area contributed by atoms with E-state index in [9.17, 15) is 4.79 Å². The number of nitrogens with zero attached hydrogens (tertiary/aromatic N) is 1. The molecule has 2 unspecified atom stereocenters. The molecule has 3 fully saturated rings. The molecular formula is C12H23N3O. The van der Waals surface area contributed by atoms with Gasteiger partial charge in [0.25, 0.3) is 0 Å². The first-order valence-corrected chi connectivity index (χ1v) is 6.42. The molecule has 16 heavy (non-hydrogen) atoms. The van der Waals surface area contributed by atoms with Crippen LogP contribution in [0.1, 0.15) is 32.6 Å². The van der Waals surface area contributed by atoms with Crippen molar-refractivity contribution in [1.29, 1.82) is 0 Å². The molecule has 2 atom stereocenters. The predicted molar refractivity (Wildman–Crippen MR) is 64.0 cm³/mol. The first kappa shape index (κ1) is 11.9. The standard InChI is InChI=1S/C12H23N3O/c1-9(13)2-3-12(16)14-11-8-15-6-4-10(11)5-7-15/h9-11H,2-8,13H2,1H3,(H,14,16). The van der Waals surface area contributed by atoms with Gasteiger partial charge in [-0.05, 0) is 45.2 Å². The topological polar surface area (TPSA) is 58.4 Å². The second-order valence-electron chi connectivity index (χ2n) is 5.33. The van der Waals surface area contributed by atoms with Gasteiger partial charge >= 0.3 is 0 Å². The van der Waals surface area contributed by atoms with Crippen LogP contribution in [0.15, 0.2) is 0 Å². The number of fused-ring (bicyclic) bond motifs is 3. The monoisotopic (exact) mass is 225 g/mol. The molecule has 0 spiro atoms. The number of nitrogens with two attached hydrogens (primary N) is 1. The van der Waals surface area contributed by atoms with Gasteiger partial charge < -0.3 is 16.0 Å². The first-order chi connectivity index (χ1) is 7.65. The summed E-state index contributed by atoms with van der Waals surface area (Å²) in [5.74, 6) is 0.889. The van der Waals surface area contributed by atoms with Gasteiger partial charge in [-0.1, -0.05) is 0 Å². The van der Waals surface area contributed by atoms with Gasteiger partial charge in [0.05, 0.1) is 0 Å².